The normalized spacial score (nSPS) is 26.4. The van der Waals surface area contributed by atoms with Crippen molar-refractivity contribution in [3.63, 3.8) is 0 Å². The van der Waals surface area contributed by atoms with Crippen LogP contribution in [0.25, 0.3) is 0 Å². The monoisotopic (exact) mass is 365 g/mol. The highest BCUT2D eigenvalue weighted by molar-refractivity contribution is 5.91. The highest BCUT2D eigenvalue weighted by atomic mass is 16.6. The summed E-state index contributed by atoms with van der Waals surface area (Å²) >= 11 is 0. The summed E-state index contributed by atoms with van der Waals surface area (Å²) in [5.74, 6) is 0.0619. The summed E-state index contributed by atoms with van der Waals surface area (Å²) in [6.07, 6.45) is -0.521. The molecule has 2 heterocycles. The molecular weight excluding hydrogens is 342 g/mol. The predicted molar refractivity (Wildman–Crippen MR) is 91.1 cm³/mol. The molecule has 0 radical (unpaired) electrons. The third kappa shape index (κ3) is 3.82. The molecule has 0 saturated carbocycles. The van der Waals surface area contributed by atoms with E-state index in [9.17, 15) is 14.7 Å². The number of methoxy groups -OCH3 is 2. The molecule has 4 atom stereocenters. The molecular formula is C18H23NO7. The molecule has 0 bridgehead atoms. The van der Waals surface area contributed by atoms with Crippen molar-refractivity contribution in [3.05, 3.63) is 23.8 Å². The molecule has 3 rings (SSSR count). The van der Waals surface area contributed by atoms with Gasteiger partial charge in [0, 0.05) is 24.3 Å². The Morgan fingerprint density at radius 3 is 2.85 bits per heavy atom. The molecule has 0 aliphatic carbocycles. The van der Waals surface area contributed by atoms with Gasteiger partial charge < -0.3 is 29.4 Å². The van der Waals surface area contributed by atoms with E-state index >= 15 is 0 Å². The SMILES string of the molecule is COCC(=O)Nc1ccc2c(c1)[C@H]1C[C@@H](CC(=O)OC)O[C@@H](CO)[C@H]1O2. The van der Waals surface area contributed by atoms with Crippen LogP contribution in [0.15, 0.2) is 18.2 Å². The number of hydrogen-bond acceptors (Lipinski definition) is 7. The smallest absolute Gasteiger partial charge is 0.308 e. The van der Waals surface area contributed by atoms with Gasteiger partial charge in [-0.25, -0.2) is 0 Å². The van der Waals surface area contributed by atoms with Gasteiger partial charge in [-0.2, -0.15) is 0 Å². The van der Waals surface area contributed by atoms with Crippen molar-refractivity contribution < 1.29 is 33.6 Å². The number of esters is 1. The van der Waals surface area contributed by atoms with Gasteiger partial charge in [0.05, 0.1) is 26.2 Å². The van der Waals surface area contributed by atoms with Crippen LogP contribution in [0.4, 0.5) is 5.69 Å². The zero-order valence-corrected chi connectivity index (χ0v) is 14.8. The Labute approximate surface area is 151 Å². The van der Waals surface area contributed by atoms with E-state index in [4.69, 9.17) is 18.9 Å². The van der Waals surface area contributed by atoms with Gasteiger partial charge in [0.1, 0.15) is 24.6 Å². The number of fused-ring (bicyclic) bond motifs is 3. The van der Waals surface area contributed by atoms with Gasteiger partial charge in [0.15, 0.2) is 0 Å². The summed E-state index contributed by atoms with van der Waals surface area (Å²) < 4.78 is 21.3. The number of carbonyl (C=O) groups is 2. The summed E-state index contributed by atoms with van der Waals surface area (Å²) in [4.78, 5) is 23.3. The predicted octanol–water partition coefficient (Wildman–Crippen LogP) is 0.829. The Morgan fingerprint density at radius 1 is 1.35 bits per heavy atom. The van der Waals surface area contributed by atoms with Crippen molar-refractivity contribution in [2.75, 3.05) is 32.8 Å². The maximum Gasteiger partial charge on any atom is 0.308 e. The van der Waals surface area contributed by atoms with Gasteiger partial charge in [-0.1, -0.05) is 0 Å². The summed E-state index contributed by atoms with van der Waals surface area (Å²) in [6, 6.07) is 5.41. The topological polar surface area (TPSA) is 103 Å². The van der Waals surface area contributed by atoms with Crippen LogP contribution in [0.2, 0.25) is 0 Å². The third-order valence-electron chi connectivity index (χ3n) is 4.68. The molecule has 26 heavy (non-hydrogen) atoms. The van der Waals surface area contributed by atoms with Gasteiger partial charge in [0.2, 0.25) is 5.91 Å². The number of rotatable bonds is 6. The lowest BCUT2D eigenvalue weighted by Gasteiger charge is -2.36. The zero-order chi connectivity index (χ0) is 18.7. The van der Waals surface area contributed by atoms with E-state index in [1.54, 1.807) is 12.1 Å². The first kappa shape index (κ1) is 18.6. The second-order valence-corrected chi connectivity index (χ2v) is 6.42. The molecule has 1 saturated heterocycles. The summed E-state index contributed by atoms with van der Waals surface area (Å²) in [5.41, 5.74) is 1.58. The fraction of sp³-hybridized carbons (Fsp3) is 0.556. The van der Waals surface area contributed by atoms with Crippen LogP contribution in [-0.4, -0.2) is 62.7 Å². The lowest BCUT2D eigenvalue weighted by atomic mass is 9.84. The van der Waals surface area contributed by atoms with Crippen LogP contribution in [-0.2, 0) is 23.8 Å². The molecule has 0 aromatic heterocycles. The molecule has 8 nitrogen and oxygen atoms in total. The lowest BCUT2D eigenvalue weighted by Crippen LogP contribution is -2.46. The number of anilines is 1. The van der Waals surface area contributed by atoms with E-state index in [1.807, 2.05) is 6.07 Å². The quantitative estimate of drug-likeness (QED) is 0.720. The number of carbonyl (C=O) groups excluding carboxylic acids is 2. The standard InChI is InChI=1S/C18H23NO7/c1-23-9-16(21)19-10-3-4-14-12(5-10)13-6-11(7-17(22)24-2)25-15(8-20)18(13)26-14/h3-5,11,13,15,18,20H,6-9H2,1-2H3,(H,19,21)/t11-,13+,15-,18-/m0/s1. The summed E-state index contributed by atoms with van der Waals surface area (Å²) in [6.45, 7) is -0.231. The van der Waals surface area contributed by atoms with Crippen LogP contribution in [0, 0.1) is 0 Å². The minimum absolute atomic E-state index is 0.0265. The summed E-state index contributed by atoms with van der Waals surface area (Å²) in [5, 5.41) is 12.4. The van der Waals surface area contributed by atoms with E-state index in [2.05, 4.69) is 5.32 Å². The number of benzene rings is 1. The van der Waals surface area contributed by atoms with Crippen molar-refractivity contribution in [3.8, 4) is 5.75 Å². The number of hydrogen-bond donors (Lipinski definition) is 2. The number of aliphatic hydroxyl groups excluding tert-OH is 1. The van der Waals surface area contributed by atoms with Crippen LogP contribution in [0.3, 0.4) is 0 Å². The molecule has 1 aromatic carbocycles. The van der Waals surface area contributed by atoms with Gasteiger partial charge >= 0.3 is 5.97 Å². The third-order valence-corrected chi connectivity index (χ3v) is 4.68. The van der Waals surface area contributed by atoms with Crippen molar-refractivity contribution in [2.24, 2.45) is 0 Å². The molecule has 0 spiro atoms. The van der Waals surface area contributed by atoms with Crippen molar-refractivity contribution in [2.45, 2.75) is 37.1 Å². The molecule has 8 heteroatoms. The number of nitrogens with one attached hydrogen (secondary N) is 1. The largest absolute Gasteiger partial charge is 0.487 e. The van der Waals surface area contributed by atoms with E-state index in [-0.39, 0.29) is 49.6 Å². The Bertz CT molecular complexity index is 678. The second-order valence-electron chi connectivity index (χ2n) is 6.42. The minimum Gasteiger partial charge on any atom is -0.487 e. The van der Waals surface area contributed by atoms with E-state index in [1.165, 1.54) is 14.2 Å². The Kier molecular flexibility index (Phi) is 5.75. The highest BCUT2D eigenvalue weighted by Gasteiger charge is 2.46. The average molecular weight is 365 g/mol. The molecule has 2 N–H and O–H groups in total. The lowest BCUT2D eigenvalue weighted by molar-refractivity contribution is -0.156. The molecule has 2 aliphatic heterocycles. The molecule has 1 aromatic rings. The zero-order valence-electron chi connectivity index (χ0n) is 14.8. The molecule has 0 unspecified atom stereocenters. The van der Waals surface area contributed by atoms with Gasteiger partial charge in [-0.3, -0.25) is 9.59 Å². The van der Waals surface area contributed by atoms with Gasteiger partial charge in [0.25, 0.3) is 0 Å². The van der Waals surface area contributed by atoms with E-state index in [0.717, 1.165) is 5.56 Å². The maximum absolute atomic E-state index is 11.7. The van der Waals surface area contributed by atoms with Crippen LogP contribution in [0.5, 0.6) is 5.75 Å². The van der Waals surface area contributed by atoms with E-state index in [0.29, 0.717) is 17.9 Å². The van der Waals surface area contributed by atoms with Crippen molar-refractivity contribution in [1.82, 2.24) is 0 Å². The second kappa shape index (κ2) is 8.03. The first-order valence-corrected chi connectivity index (χ1v) is 8.48. The highest BCUT2D eigenvalue weighted by Crippen LogP contribution is 2.47. The number of aliphatic hydroxyl groups is 1. The Balaban J connectivity index is 1.80. The number of amides is 1. The molecule has 2 aliphatic rings. The number of ether oxygens (including phenoxy) is 4. The van der Waals surface area contributed by atoms with E-state index < -0.39 is 6.10 Å². The van der Waals surface area contributed by atoms with Crippen LogP contribution >= 0.6 is 0 Å². The first-order valence-electron chi connectivity index (χ1n) is 8.48. The minimum atomic E-state index is -0.526. The fourth-order valence-corrected chi connectivity index (χ4v) is 3.56. The maximum atomic E-state index is 11.7. The molecule has 1 fully saturated rings. The van der Waals surface area contributed by atoms with Gasteiger partial charge in [-0.05, 0) is 24.6 Å². The van der Waals surface area contributed by atoms with Crippen molar-refractivity contribution >= 4 is 17.6 Å². The first-order chi connectivity index (χ1) is 12.5. The Morgan fingerprint density at radius 2 is 2.15 bits per heavy atom. The van der Waals surface area contributed by atoms with Crippen LogP contribution < -0.4 is 10.1 Å². The fourth-order valence-electron chi connectivity index (χ4n) is 3.56. The molecule has 142 valence electrons. The van der Waals surface area contributed by atoms with Gasteiger partial charge in [-0.15, -0.1) is 0 Å². The Hall–Kier alpha value is -2.16. The average Bonchev–Trinajstić information content (AvgIpc) is 2.99. The van der Waals surface area contributed by atoms with Crippen LogP contribution in [0.1, 0.15) is 24.3 Å². The summed E-state index contributed by atoms with van der Waals surface area (Å²) in [7, 11) is 2.79. The molecule has 1 amide bonds. The van der Waals surface area contributed by atoms with Crippen molar-refractivity contribution in [1.29, 1.82) is 0 Å².